The third-order valence-corrected chi connectivity index (χ3v) is 5.91. The van der Waals surface area contributed by atoms with Crippen molar-refractivity contribution in [1.82, 2.24) is 14.8 Å². The molecule has 2 heterocycles. The third-order valence-electron chi connectivity index (χ3n) is 5.38. The molecule has 0 spiro atoms. The molecule has 3 nitrogen and oxygen atoms in total. The van der Waals surface area contributed by atoms with Crippen molar-refractivity contribution in [3.63, 3.8) is 0 Å². The van der Waals surface area contributed by atoms with E-state index in [0.29, 0.717) is 0 Å². The number of para-hydroxylation sites is 1. The zero-order valence-electron chi connectivity index (χ0n) is 16.4. The number of aromatic nitrogens is 3. The molecule has 0 atom stereocenters. The molecule has 5 aromatic rings. The van der Waals surface area contributed by atoms with Gasteiger partial charge in [-0.3, -0.25) is 0 Å². The fourth-order valence-electron chi connectivity index (χ4n) is 3.93. The van der Waals surface area contributed by atoms with Crippen molar-refractivity contribution in [3.05, 3.63) is 88.5 Å². The van der Waals surface area contributed by atoms with Gasteiger partial charge in [-0.2, -0.15) is 5.10 Å². The maximum absolute atomic E-state index is 5.05. The zero-order chi connectivity index (χ0) is 20.0. The number of halogens is 1. The van der Waals surface area contributed by atoms with Crippen LogP contribution in [0, 0.1) is 6.92 Å². The van der Waals surface area contributed by atoms with Crippen LogP contribution in [0.3, 0.4) is 0 Å². The van der Waals surface area contributed by atoms with Gasteiger partial charge in [-0.05, 0) is 60.9 Å². The van der Waals surface area contributed by atoms with E-state index >= 15 is 0 Å². The first-order valence-corrected chi connectivity index (χ1v) is 10.6. The molecule has 5 rings (SSSR count). The molecule has 2 aromatic heterocycles. The first-order chi connectivity index (χ1) is 14.2. The summed E-state index contributed by atoms with van der Waals surface area (Å²) in [7, 11) is 0. The Morgan fingerprint density at radius 1 is 0.931 bits per heavy atom. The zero-order valence-corrected chi connectivity index (χ0v) is 17.9. The largest absolute Gasteiger partial charge is 0.228 e. The molecular formula is C25H20BrN3. The summed E-state index contributed by atoms with van der Waals surface area (Å²) >= 11 is 3.56. The SMILES string of the molecule is CCc1ccc2nc3c(c(C)nn3-c3ccccc3)c(-c3ccc(Br)cc3)c2c1. The Labute approximate surface area is 178 Å². The maximum atomic E-state index is 5.05. The van der Waals surface area contributed by atoms with Gasteiger partial charge in [-0.25, -0.2) is 9.67 Å². The van der Waals surface area contributed by atoms with Crippen molar-refractivity contribution in [2.75, 3.05) is 0 Å². The minimum absolute atomic E-state index is 0.892. The van der Waals surface area contributed by atoms with Crippen LogP contribution < -0.4 is 0 Å². The quantitative estimate of drug-likeness (QED) is 0.305. The van der Waals surface area contributed by atoms with Crippen molar-refractivity contribution >= 4 is 37.9 Å². The standard InChI is InChI=1S/C25H20BrN3/c1-3-17-9-14-22-21(15-17)24(18-10-12-19(26)13-11-18)23-16(2)28-29(25(23)27-22)20-7-5-4-6-8-20/h4-15H,3H2,1-2H3. The van der Waals surface area contributed by atoms with Crippen molar-refractivity contribution in [2.45, 2.75) is 20.3 Å². The van der Waals surface area contributed by atoms with Crippen molar-refractivity contribution < 1.29 is 0 Å². The molecule has 0 N–H and O–H groups in total. The molecule has 142 valence electrons. The van der Waals surface area contributed by atoms with Crippen molar-refractivity contribution in [2.24, 2.45) is 0 Å². The molecule has 0 radical (unpaired) electrons. The molecule has 3 aromatic carbocycles. The molecule has 4 heteroatoms. The summed E-state index contributed by atoms with van der Waals surface area (Å²) in [6, 6.07) is 25.3. The summed E-state index contributed by atoms with van der Waals surface area (Å²) in [5.74, 6) is 0. The van der Waals surface area contributed by atoms with E-state index in [0.717, 1.165) is 38.8 Å². The van der Waals surface area contributed by atoms with Gasteiger partial charge in [0.15, 0.2) is 5.65 Å². The predicted molar refractivity (Wildman–Crippen MR) is 124 cm³/mol. The van der Waals surface area contributed by atoms with Gasteiger partial charge in [-0.15, -0.1) is 0 Å². The summed E-state index contributed by atoms with van der Waals surface area (Å²) in [4.78, 5) is 5.05. The highest BCUT2D eigenvalue weighted by molar-refractivity contribution is 9.10. The number of hydrogen-bond acceptors (Lipinski definition) is 2. The monoisotopic (exact) mass is 441 g/mol. The van der Waals surface area contributed by atoms with E-state index in [1.54, 1.807) is 0 Å². The highest BCUT2D eigenvalue weighted by Gasteiger charge is 2.19. The van der Waals surface area contributed by atoms with Crippen LogP contribution in [0.25, 0.3) is 38.8 Å². The van der Waals surface area contributed by atoms with Gasteiger partial charge in [0.1, 0.15) is 0 Å². The number of pyridine rings is 1. The summed E-state index contributed by atoms with van der Waals surface area (Å²) in [6.07, 6.45) is 0.996. The van der Waals surface area contributed by atoms with Crippen LogP contribution in [0.2, 0.25) is 0 Å². The average Bonchev–Trinajstić information content (AvgIpc) is 3.09. The number of nitrogens with zero attached hydrogens (tertiary/aromatic N) is 3. The lowest BCUT2D eigenvalue weighted by molar-refractivity contribution is 0.879. The molecule has 29 heavy (non-hydrogen) atoms. The highest BCUT2D eigenvalue weighted by Crippen LogP contribution is 2.38. The van der Waals surface area contributed by atoms with Crippen LogP contribution in [0.4, 0.5) is 0 Å². The molecule has 0 aliphatic carbocycles. The van der Waals surface area contributed by atoms with Crippen LogP contribution >= 0.6 is 15.9 Å². The molecular weight excluding hydrogens is 422 g/mol. The van der Waals surface area contributed by atoms with Crippen LogP contribution in [-0.4, -0.2) is 14.8 Å². The topological polar surface area (TPSA) is 30.7 Å². The molecule has 0 aliphatic heterocycles. The van der Waals surface area contributed by atoms with Crippen molar-refractivity contribution in [3.8, 4) is 16.8 Å². The van der Waals surface area contributed by atoms with Crippen molar-refractivity contribution in [1.29, 1.82) is 0 Å². The average molecular weight is 442 g/mol. The molecule has 0 saturated carbocycles. The molecule has 0 bridgehead atoms. The Balaban J connectivity index is 1.94. The van der Waals surface area contributed by atoms with E-state index in [2.05, 4.69) is 84.4 Å². The molecule has 0 amide bonds. The van der Waals surface area contributed by atoms with Gasteiger partial charge in [0.25, 0.3) is 0 Å². The van der Waals surface area contributed by atoms with E-state index in [-0.39, 0.29) is 0 Å². The van der Waals surface area contributed by atoms with Crippen LogP contribution in [0.1, 0.15) is 18.2 Å². The van der Waals surface area contributed by atoms with Gasteiger partial charge < -0.3 is 0 Å². The van der Waals surface area contributed by atoms with Crippen LogP contribution in [-0.2, 0) is 6.42 Å². The molecule has 0 saturated heterocycles. The first-order valence-electron chi connectivity index (χ1n) is 9.79. The van der Waals surface area contributed by atoms with E-state index in [1.807, 2.05) is 22.9 Å². The summed E-state index contributed by atoms with van der Waals surface area (Å²) in [5.41, 5.74) is 7.57. The van der Waals surface area contributed by atoms with Gasteiger partial charge in [-0.1, -0.05) is 59.3 Å². The second-order valence-electron chi connectivity index (χ2n) is 7.23. The Hall–Kier alpha value is -2.98. The first kappa shape index (κ1) is 18.1. The van der Waals surface area contributed by atoms with Gasteiger partial charge in [0, 0.05) is 15.4 Å². The maximum Gasteiger partial charge on any atom is 0.164 e. The van der Waals surface area contributed by atoms with E-state index < -0.39 is 0 Å². The smallest absolute Gasteiger partial charge is 0.164 e. The minimum Gasteiger partial charge on any atom is -0.228 e. The summed E-state index contributed by atoms with van der Waals surface area (Å²) in [6.45, 7) is 4.26. The Morgan fingerprint density at radius 2 is 1.69 bits per heavy atom. The number of aryl methyl sites for hydroxylation is 2. The Morgan fingerprint density at radius 3 is 2.41 bits per heavy atom. The molecule has 0 fully saturated rings. The Kier molecular flexibility index (Phi) is 4.44. The van der Waals surface area contributed by atoms with Gasteiger partial charge >= 0.3 is 0 Å². The van der Waals surface area contributed by atoms with Gasteiger partial charge in [0.05, 0.1) is 22.3 Å². The lowest BCUT2D eigenvalue weighted by Crippen LogP contribution is -1.98. The summed E-state index contributed by atoms with van der Waals surface area (Å²) in [5, 5.41) is 7.16. The fraction of sp³-hybridized carbons (Fsp3) is 0.120. The van der Waals surface area contributed by atoms with E-state index in [4.69, 9.17) is 10.1 Å². The Bertz CT molecular complexity index is 1340. The lowest BCUT2D eigenvalue weighted by Gasteiger charge is -2.12. The summed E-state index contributed by atoms with van der Waals surface area (Å²) < 4.78 is 3.03. The molecule has 0 aliphatic rings. The fourth-order valence-corrected chi connectivity index (χ4v) is 4.19. The van der Waals surface area contributed by atoms with E-state index in [9.17, 15) is 0 Å². The number of fused-ring (bicyclic) bond motifs is 2. The highest BCUT2D eigenvalue weighted by atomic mass is 79.9. The minimum atomic E-state index is 0.892. The van der Waals surface area contributed by atoms with E-state index in [1.165, 1.54) is 22.1 Å². The van der Waals surface area contributed by atoms with Crippen LogP contribution in [0.15, 0.2) is 77.3 Å². The number of benzene rings is 3. The molecule has 0 unspecified atom stereocenters. The lowest BCUT2D eigenvalue weighted by atomic mass is 9.95. The normalized spacial score (nSPS) is 11.4. The second kappa shape index (κ2) is 7.12. The van der Waals surface area contributed by atoms with Crippen LogP contribution in [0.5, 0.6) is 0 Å². The third kappa shape index (κ3) is 3.04. The predicted octanol–water partition coefficient (Wildman–Crippen LogP) is 6.87. The second-order valence-corrected chi connectivity index (χ2v) is 8.15. The van der Waals surface area contributed by atoms with Gasteiger partial charge in [0.2, 0.25) is 0 Å². The number of hydrogen-bond donors (Lipinski definition) is 0. The number of rotatable bonds is 3.